The van der Waals surface area contributed by atoms with E-state index in [0.29, 0.717) is 5.11 Å². The van der Waals surface area contributed by atoms with Crippen LogP contribution < -0.4 is 15.0 Å². The van der Waals surface area contributed by atoms with E-state index in [1.807, 2.05) is 55.5 Å². The van der Waals surface area contributed by atoms with Gasteiger partial charge < -0.3 is 19.5 Å². The molecule has 2 aromatic heterocycles. The second kappa shape index (κ2) is 8.91. The molecular formula is C27H25FN4OS. The number of rotatable bonds is 5. The van der Waals surface area contributed by atoms with Gasteiger partial charge in [-0.25, -0.2) is 4.39 Å². The van der Waals surface area contributed by atoms with Gasteiger partial charge in [0.25, 0.3) is 0 Å². The van der Waals surface area contributed by atoms with E-state index < -0.39 is 0 Å². The van der Waals surface area contributed by atoms with Crippen molar-refractivity contribution in [1.29, 1.82) is 0 Å². The van der Waals surface area contributed by atoms with Crippen LogP contribution in [-0.4, -0.2) is 21.8 Å². The molecule has 0 bridgehead atoms. The number of hydrogen-bond acceptors (Lipinski definition) is 3. The molecule has 3 heterocycles. The van der Waals surface area contributed by atoms with Gasteiger partial charge in [0.05, 0.1) is 24.9 Å². The highest BCUT2D eigenvalue weighted by Gasteiger charge is 2.42. The highest BCUT2D eigenvalue weighted by molar-refractivity contribution is 7.80. The average molecular weight is 473 g/mol. The van der Waals surface area contributed by atoms with Gasteiger partial charge in [-0.3, -0.25) is 4.98 Å². The quantitative estimate of drug-likeness (QED) is 0.371. The fraction of sp³-hybridized carbons (Fsp3) is 0.185. The SMILES string of the molecule is COc1ccc(N2C(=S)N[C@@H](c3ccccn3)[C@@H]2c2cc(C)n(-c3cccc(F)c3)c2C)cc1. The smallest absolute Gasteiger partial charge is 0.174 e. The Balaban J connectivity index is 1.67. The van der Waals surface area contributed by atoms with E-state index in [0.717, 1.165) is 39.8 Å². The van der Waals surface area contributed by atoms with Crippen LogP contribution in [0, 0.1) is 19.7 Å². The van der Waals surface area contributed by atoms with Gasteiger partial charge in [0, 0.05) is 29.0 Å². The molecule has 34 heavy (non-hydrogen) atoms. The minimum atomic E-state index is -0.263. The number of hydrogen-bond donors (Lipinski definition) is 1. The predicted octanol–water partition coefficient (Wildman–Crippen LogP) is 5.81. The number of aryl methyl sites for hydroxylation is 1. The number of halogens is 1. The summed E-state index contributed by atoms with van der Waals surface area (Å²) in [4.78, 5) is 6.76. The average Bonchev–Trinajstić information content (AvgIpc) is 3.34. The Labute approximate surface area is 203 Å². The second-order valence-electron chi connectivity index (χ2n) is 8.34. The van der Waals surface area contributed by atoms with Gasteiger partial charge in [0.1, 0.15) is 11.6 Å². The maximum Gasteiger partial charge on any atom is 0.174 e. The van der Waals surface area contributed by atoms with Gasteiger partial charge in [-0.15, -0.1) is 0 Å². The van der Waals surface area contributed by atoms with E-state index in [4.69, 9.17) is 17.0 Å². The number of ether oxygens (including phenoxy) is 1. The zero-order valence-corrected chi connectivity index (χ0v) is 20.0. The van der Waals surface area contributed by atoms with E-state index >= 15 is 0 Å². The first-order valence-electron chi connectivity index (χ1n) is 11.1. The summed E-state index contributed by atoms with van der Waals surface area (Å²) in [5.41, 5.74) is 5.80. The number of nitrogens with zero attached hydrogens (tertiary/aromatic N) is 3. The Bertz CT molecular complexity index is 1340. The molecule has 0 amide bonds. The van der Waals surface area contributed by atoms with Crippen LogP contribution in [0.2, 0.25) is 0 Å². The summed E-state index contributed by atoms with van der Waals surface area (Å²) in [6.45, 7) is 4.10. The molecule has 1 saturated heterocycles. The summed E-state index contributed by atoms with van der Waals surface area (Å²) in [7, 11) is 1.65. The summed E-state index contributed by atoms with van der Waals surface area (Å²) < 4.78 is 21.5. The molecule has 172 valence electrons. The number of pyridine rings is 1. The van der Waals surface area contributed by atoms with Gasteiger partial charge in [-0.05, 0) is 92.3 Å². The van der Waals surface area contributed by atoms with Crippen molar-refractivity contribution < 1.29 is 9.13 Å². The van der Waals surface area contributed by atoms with Gasteiger partial charge in [0.15, 0.2) is 5.11 Å². The largest absolute Gasteiger partial charge is 0.497 e. The summed E-state index contributed by atoms with van der Waals surface area (Å²) in [6, 6.07) is 22.3. The molecule has 0 spiro atoms. The van der Waals surface area contributed by atoms with Gasteiger partial charge in [0.2, 0.25) is 0 Å². The monoisotopic (exact) mass is 472 g/mol. The molecule has 0 radical (unpaired) electrons. The van der Waals surface area contributed by atoms with E-state index in [1.165, 1.54) is 6.07 Å². The van der Waals surface area contributed by atoms with Crippen LogP contribution in [0.5, 0.6) is 5.75 Å². The number of nitrogens with one attached hydrogen (secondary N) is 1. The van der Waals surface area contributed by atoms with Crippen LogP contribution in [0.15, 0.2) is 79.0 Å². The lowest BCUT2D eigenvalue weighted by Crippen LogP contribution is -2.29. The number of methoxy groups -OCH3 is 1. The molecule has 2 aromatic carbocycles. The molecule has 0 saturated carbocycles. The molecule has 5 nitrogen and oxygen atoms in total. The Morgan fingerprint density at radius 2 is 1.76 bits per heavy atom. The highest BCUT2D eigenvalue weighted by atomic mass is 32.1. The fourth-order valence-electron chi connectivity index (χ4n) is 4.79. The number of aromatic nitrogens is 2. The van der Waals surface area contributed by atoms with Crippen molar-refractivity contribution in [2.24, 2.45) is 0 Å². The molecule has 2 atom stereocenters. The minimum absolute atomic E-state index is 0.149. The lowest BCUT2D eigenvalue weighted by Gasteiger charge is -2.28. The molecule has 1 aliphatic rings. The molecule has 0 aliphatic carbocycles. The molecular weight excluding hydrogens is 447 g/mol. The summed E-state index contributed by atoms with van der Waals surface area (Å²) in [6.07, 6.45) is 1.79. The maximum absolute atomic E-state index is 14.0. The van der Waals surface area contributed by atoms with E-state index in [-0.39, 0.29) is 17.9 Å². The van der Waals surface area contributed by atoms with Crippen LogP contribution in [0.4, 0.5) is 10.1 Å². The lowest BCUT2D eigenvalue weighted by molar-refractivity contribution is 0.415. The van der Waals surface area contributed by atoms with Gasteiger partial charge in [-0.2, -0.15) is 0 Å². The Kier molecular flexibility index (Phi) is 5.79. The molecule has 0 unspecified atom stereocenters. The first-order valence-corrected chi connectivity index (χ1v) is 11.5. The van der Waals surface area contributed by atoms with Crippen molar-refractivity contribution in [3.63, 3.8) is 0 Å². The Morgan fingerprint density at radius 1 is 0.971 bits per heavy atom. The first-order chi connectivity index (χ1) is 16.5. The van der Waals surface area contributed by atoms with Crippen LogP contribution in [0.1, 0.15) is 34.7 Å². The fourth-order valence-corrected chi connectivity index (χ4v) is 5.14. The van der Waals surface area contributed by atoms with Gasteiger partial charge in [-0.1, -0.05) is 12.1 Å². The maximum atomic E-state index is 14.0. The third-order valence-corrected chi connectivity index (χ3v) is 6.62. The topological polar surface area (TPSA) is 42.3 Å². The zero-order chi connectivity index (χ0) is 23.8. The Hall–Kier alpha value is -3.71. The first kappa shape index (κ1) is 22.1. The van der Waals surface area contributed by atoms with Gasteiger partial charge >= 0.3 is 0 Å². The van der Waals surface area contributed by atoms with Crippen LogP contribution in [-0.2, 0) is 0 Å². The molecule has 4 aromatic rings. The van der Waals surface area contributed by atoms with E-state index in [2.05, 4.69) is 32.8 Å². The van der Waals surface area contributed by atoms with Crippen molar-refractivity contribution >= 4 is 23.0 Å². The normalized spacial score (nSPS) is 17.6. The minimum Gasteiger partial charge on any atom is -0.497 e. The summed E-state index contributed by atoms with van der Waals surface area (Å²) in [5, 5.41) is 4.12. The highest BCUT2D eigenvalue weighted by Crippen LogP contribution is 2.44. The Morgan fingerprint density at radius 3 is 2.44 bits per heavy atom. The number of anilines is 1. The molecule has 1 fully saturated rings. The standard InChI is InChI=1S/C27H25FN4OS/c1-17-15-23(18(2)31(17)21-8-6-7-19(28)16-21)26-25(24-9-4-5-14-29-24)30-27(34)32(26)20-10-12-22(33-3)13-11-20/h4-16,25-26H,1-3H3,(H,30,34)/t25-,26-/m0/s1. The molecule has 1 aliphatic heterocycles. The van der Waals surface area contributed by atoms with Crippen LogP contribution in [0.25, 0.3) is 5.69 Å². The summed E-state index contributed by atoms with van der Waals surface area (Å²) in [5.74, 6) is 0.519. The van der Waals surface area contributed by atoms with Crippen molar-refractivity contribution in [3.8, 4) is 11.4 Å². The number of thiocarbonyl (C=S) groups is 1. The summed E-state index contributed by atoms with van der Waals surface area (Å²) >= 11 is 5.83. The van der Waals surface area contributed by atoms with Crippen molar-refractivity contribution in [3.05, 3.63) is 107 Å². The third-order valence-electron chi connectivity index (χ3n) is 6.30. The van der Waals surface area contributed by atoms with Crippen molar-refractivity contribution in [2.45, 2.75) is 25.9 Å². The lowest BCUT2D eigenvalue weighted by atomic mass is 9.96. The molecule has 7 heteroatoms. The zero-order valence-electron chi connectivity index (χ0n) is 19.2. The molecule has 5 rings (SSSR count). The number of benzene rings is 2. The predicted molar refractivity (Wildman–Crippen MR) is 136 cm³/mol. The second-order valence-corrected chi connectivity index (χ2v) is 8.72. The van der Waals surface area contributed by atoms with Crippen molar-refractivity contribution in [1.82, 2.24) is 14.9 Å². The van der Waals surface area contributed by atoms with Crippen LogP contribution >= 0.6 is 12.2 Å². The van der Waals surface area contributed by atoms with E-state index in [1.54, 1.807) is 25.4 Å². The molecule has 1 N–H and O–H groups in total. The third kappa shape index (κ3) is 3.82. The van der Waals surface area contributed by atoms with Crippen LogP contribution in [0.3, 0.4) is 0 Å². The van der Waals surface area contributed by atoms with E-state index in [9.17, 15) is 4.39 Å². The van der Waals surface area contributed by atoms with Crippen molar-refractivity contribution in [2.75, 3.05) is 12.0 Å².